The lowest BCUT2D eigenvalue weighted by Crippen LogP contribution is -2.42. The summed E-state index contributed by atoms with van der Waals surface area (Å²) in [5.41, 5.74) is 1.69. The van der Waals surface area contributed by atoms with Crippen molar-refractivity contribution in [2.24, 2.45) is 0 Å². The van der Waals surface area contributed by atoms with Gasteiger partial charge in [0.25, 0.3) is 5.91 Å². The molecular weight excluding hydrogens is 342 g/mol. The van der Waals surface area contributed by atoms with Gasteiger partial charge in [0.1, 0.15) is 17.0 Å². The number of fused-ring (bicyclic) bond motifs is 1. The van der Waals surface area contributed by atoms with Gasteiger partial charge in [0.15, 0.2) is 0 Å². The molecule has 7 nitrogen and oxygen atoms in total. The fourth-order valence-corrected chi connectivity index (χ4v) is 2.70. The first-order valence-corrected chi connectivity index (χ1v) is 8.49. The molecule has 7 heteroatoms. The molecule has 0 bridgehead atoms. The molecule has 0 aliphatic carbocycles. The van der Waals surface area contributed by atoms with E-state index in [-0.39, 0.29) is 17.9 Å². The molecule has 0 atom stereocenters. The van der Waals surface area contributed by atoms with Gasteiger partial charge in [0.2, 0.25) is 0 Å². The molecule has 1 aromatic carbocycles. The van der Waals surface area contributed by atoms with Crippen LogP contribution < -0.4 is 5.32 Å². The van der Waals surface area contributed by atoms with Crippen LogP contribution in [0.15, 0.2) is 42.7 Å². The molecular formula is C20H19N5O2. The maximum Gasteiger partial charge on any atom is 0.271 e. The van der Waals surface area contributed by atoms with Gasteiger partial charge in [0, 0.05) is 24.4 Å². The van der Waals surface area contributed by atoms with Gasteiger partial charge in [-0.05, 0) is 43.2 Å². The molecule has 0 radical (unpaired) electrons. The number of nitrogens with zero attached hydrogens (tertiary/aromatic N) is 3. The fraction of sp³-hybridized carbons (Fsp3) is 0.250. The van der Waals surface area contributed by atoms with Crippen LogP contribution in [0.1, 0.15) is 35.5 Å². The summed E-state index contributed by atoms with van der Waals surface area (Å²) in [6.07, 6.45) is 3.72. The maximum absolute atomic E-state index is 12.4. The average molecular weight is 361 g/mol. The second kappa shape index (κ2) is 7.38. The molecule has 0 saturated heterocycles. The Morgan fingerprint density at radius 3 is 2.67 bits per heavy atom. The van der Waals surface area contributed by atoms with Crippen molar-refractivity contribution in [1.29, 1.82) is 5.26 Å². The Kier molecular flexibility index (Phi) is 4.99. The van der Waals surface area contributed by atoms with Gasteiger partial charge in [-0.25, -0.2) is 0 Å². The SMILES string of the molecule is CC(C)(C#N)NC(=O)c1cc(CC(=O)Cc2ccc3cn[nH]c3c2)ccn1. The highest BCUT2D eigenvalue weighted by molar-refractivity contribution is 5.93. The number of rotatable bonds is 6. The minimum atomic E-state index is -0.990. The topological polar surface area (TPSA) is 112 Å². The summed E-state index contributed by atoms with van der Waals surface area (Å²) in [6, 6.07) is 11.0. The zero-order valence-electron chi connectivity index (χ0n) is 15.1. The number of carbonyl (C=O) groups is 2. The third kappa shape index (κ3) is 4.55. The standard InChI is InChI=1S/C20H19N5O2/c1-20(2,12-21)24-19(27)18-10-14(5-6-22-18)8-16(26)7-13-3-4-15-11-23-25-17(15)9-13/h3-6,9-11H,7-8H2,1-2H3,(H,23,25)(H,24,27). The summed E-state index contributed by atoms with van der Waals surface area (Å²) in [7, 11) is 0. The van der Waals surface area contributed by atoms with Crippen LogP contribution in [0.25, 0.3) is 10.9 Å². The molecule has 0 unspecified atom stereocenters. The monoisotopic (exact) mass is 361 g/mol. The van der Waals surface area contributed by atoms with Crippen LogP contribution in [-0.2, 0) is 17.6 Å². The summed E-state index contributed by atoms with van der Waals surface area (Å²) in [5.74, 6) is -0.413. The number of aromatic amines is 1. The number of benzene rings is 1. The predicted molar refractivity (Wildman–Crippen MR) is 99.9 cm³/mol. The summed E-state index contributed by atoms with van der Waals surface area (Å²) in [6.45, 7) is 3.21. The highest BCUT2D eigenvalue weighted by atomic mass is 16.2. The number of carbonyl (C=O) groups excluding carboxylic acids is 2. The first-order valence-electron chi connectivity index (χ1n) is 8.49. The van der Waals surface area contributed by atoms with Crippen molar-refractivity contribution in [3.63, 3.8) is 0 Å². The number of nitriles is 1. The Morgan fingerprint density at radius 1 is 1.19 bits per heavy atom. The van der Waals surface area contributed by atoms with E-state index in [4.69, 9.17) is 5.26 Å². The average Bonchev–Trinajstić information content (AvgIpc) is 3.09. The van der Waals surface area contributed by atoms with E-state index in [1.165, 1.54) is 6.20 Å². The van der Waals surface area contributed by atoms with Gasteiger partial charge in [-0.3, -0.25) is 19.7 Å². The Labute approximate surface area is 156 Å². The minimum absolute atomic E-state index is 0.0313. The van der Waals surface area contributed by atoms with Crippen molar-refractivity contribution >= 4 is 22.6 Å². The summed E-state index contributed by atoms with van der Waals surface area (Å²) in [5, 5.41) is 19.5. The molecule has 0 aliphatic heterocycles. The van der Waals surface area contributed by atoms with Gasteiger partial charge in [0.05, 0.1) is 17.8 Å². The summed E-state index contributed by atoms with van der Waals surface area (Å²) < 4.78 is 0. The van der Waals surface area contributed by atoms with E-state index in [9.17, 15) is 9.59 Å². The van der Waals surface area contributed by atoms with Crippen molar-refractivity contribution in [2.75, 3.05) is 0 Å². The van der Waals surface area contributed by atoms with E-state index < -0.39 is 11.4 Å². The Balaban J connectivity index is 1.67. The Bertz CT molecular complexity index is 1050. The van der Waals surface area contributed by atoms with Crippen LogP contribution >= 0.6 is 0 Å². The summed E-state index contributed by atoms with van der Waals surface area (Å²) in [4.78, 5) is 28.7. The number of H-pyrrole nitrogens is 1. The fourth-order valence-electron chi connectivity index (χ4n) is 2.70. The predicted octanol–water partition coefficient (Wildman–Crippen LogP) is 2.34. The third-order valence-corrected chi connectivity index (χ3v) is 4.07. The number of pyridine rings is 1. The van der Waals surface area contributed by atoms with Crippen LogP contribution in [-0.4, -0.2) is 32.4 Å². The zero-order chi connectivity index (χ0) is 19.4. The first kappa shape index (κ1) is 18.3. The smallest absolute Gasteiger partial charge is 0.271 e. The number of aromatic nitrogens is 3. The molecule has 0 saturated carbocycles. The number of hydrogen-bond donors (Lipinski definition) is 2. The van der Waals surface area contributed by atoms with E-state index in [1.54, 1.807) is 32.2 Å². The number of nitrogens with one attached hydrogen (secondary N) is 2. The van der Waals surface area contributed by atoms with E-state index in [2.05, 4.69) is 20.5 Å². The van der Waals surface area contributed by atoms with E-state index >= 15 is 0 Å². The molecule has 3 aromatic rings. The van der Waals surface area contributed by atoms with E-state index in [0.717, 1.165) is 16.5 Å². The van der Waals surface area contributed by atoms with Gasteiger partial charge in [-0.15, -0.1) is 0 Å². The quantitative estimate of drug-likeness (QED) is 0.700. The molecule has 0 fully saturated rings. The highest BCUT2D eigenvalue weighted by Gasteiger charge is 2.21. The molecule has 2 heterocycles. The second-order valence-corrected chi connectivity index (χ2v) is 6.92. The highest BCUT2D eigenvalue weighted by Crippen LogP contribution is 2.14. The molecule has 2 aromatic heterocycles. The lowest BCUT2D eigenvalue weighted by atomic mass is 10.0. The number of hydrogen-bond acceptors (Lipinski definition) is 5. The molecule has 3 rings (SSSR count). The zero-order valence-corrected chi connectivity index (χ0v) is 15.1. The van der Waals surface area contributed by atoms with Crippen molar-refractivity contribution in [3.05, 3.63) is 59.5 Å². The van der Waals surface area contributed by atoms with Crippen LogP contribution in [0.5, 0.6) is 0 Å². The van der Waals surface area contributed by atoms with Gasteiger partial charge in [-0.2, -0.15) is 10.4 Å². The van der Waals surface area contributed by atoms with Crippen LogP contribution in [0.3, 0.4) is 0 Å². The molecule has 136 valence electrons. The summed E-state index contributed by atoms with van der Waals surface area (Å²) >= 11 is 0. The van der Waals surface area contributed by atoms with Crippen molar-refractivity contribution in [1.82, 2.24) is 20.5 Å². The van der Waals surface area contributed by atoms with Gasteiger partial charge >= 0.3 is 0 Å². The largest absolute Gasteiger partial charge is 0.333 e. The normalized spacial score (nSPS) is 11.1. The van der Waals surface area contributed by atoms with Crippen LogP contribution in [0.2, 0.25) is 0 Å². The van der Waals surface area contributed by atoms with Crippen LogP contribution in [0.4, 0.5) is 0 Å². The number of ketones is 1. The molecule has 0 aliphatic rings. The second-order valence-electron chi connectivity index (χ2n) is 6.92. The minimum Gasteiger partial charge on any atom is -0.333 e. The maximum atomic E-state index is 12.4. The molecule has 1 amide bonds. The van der Waals surface area contributed by atoms with Crippen molar-refractivity contribution < 1.29 is 9.59 Å². The Morgan fingerprint density at radius 2 is 1.93 bits per heavy atom. The Hall–Kier alpha value is -3.53. The molecule has 2 N–H and O–H groups in total. The van der Waals surface area contributed by atoms with Crippen LogP contribution in [0, 0.1) is 11.3 Å². The van der Waals surface area contributed by atoms with Crippen molar-refractivity contribution in [3.8, 4) is 6.07 Å². The van der Waals surface area contributed by atoms with E-state index in [1.807, 2.05) is 24.3 Å². The van der Waals surface area contributed by atoms with Gasteiger partial charge < -0.3 is 5.32 Å². The molecule has 27 heavy (non-hydrogen) atoms. The van der Waals surface area contributed by atoms with E-state index in [0.29, 0.717) is 12.0 Å². The lowest BCUT2D eigenvalue weighted by Gasteiger charge is -2.17. The third-order valence-electron chi connectivity index (χ3n) is 4.07. The lowest BCUT2D eigenvalue weighted by molar-refractivity contribution is -0.117. The molecule has 0 spiro atoms. The first-order chi connectivity index (χ1) is 12.9. The van der Waals surface area contributed by atoms with Gasteiger partial charge in [-0.1, -0.05) is 12.1 Å². The van der Waals surface area contributed by atoms with Crippen molar-refractivity contribution in [2.45, 2.75) is 32.2 Å². The number of Topliss-reactive ketones (excluding diaryl/α,β-unsaturated/α-hetero) is 1. The number of amides is 1.